The molecule has 1 saturated heterocycles. The normalized spacial score (nSPS) is 18.2. The second kappa shape index (κ2) is 5.60. The maximum absolute atomic E-state index is 11.6. The average Bonchev–Trinajstić information content (AvgIpc) is 2.15. The summed E-state index contributed by atoms with van der Waals surface area (Å²) in [6, 6.07) is 0. The molecular formula is C12H22N2O3. The molecule has 5 heteroatoms. The molecule has 0 unspecified atom stereocenters. The number of carbonyl (C=O) groups excluding carboxylic acids is 2. The van der Waals surface area contributed by atoms with Gasteiger partial charge >= 0.3 is 0 Å². The van der Waals surface area contributed by atoms with E-state index in [1.165, 1.54) is 6.92 Å². The number of aliphatic hydroxyl groups is 1. The lowest BCUT2D eigenvalue weighted by Crippen LogP contribution is -2.52. The summed E-state index contributed by atoms with van der Waals surface area (Å²) in [5.74, 6) is -0.172. The molecule has 1 fully saturated rings. The first-order chi connectivity index (χ1) is 7.78. The fourth-order valence-corrected chi connectivity index (χ4v) is 2.03. The number of β-amino-alcohol motifs (C(OH)–C–C–N with tert-alkyl or cyclic N) is 1. The minimum atomic E-state index is -0.703. The highest BCUT2D eigenvalue weighted by atomic mass is 16.3. The van der Waals surface area contributed by atoms with E-state index >= 15 is 0 Å². The molecule has 1 rings (SSSR count). The van der Waals surface area contributed by atoms with Crippen LogP contribution < -0.4 is 0 Å². The quantitative estimate of drug-likeness (QED) is 0.698. The third-order valence-corrected chi connectivity index (χ3v) is 2.74. The number of nitrogens with zero attached hydrogens (tertiary/aromatic N) is 2. The van der Waals surface area contributed by atoms with Gasteiger partial charge in [0.25, 0.3) is 0 Å². The Morgan fingerprint density at radius 1 is 1.18 bits per heavy atom. The van der Waals surface area contributed by atoms with Gasteiger partial charge in [-0.25, -0.2) is 0 Å². The highest BCUT2D eigenvalue weighted by Crippen LogP contribution is 2.09. The van der Waals surface area contributed by atoms with Crippen LogP contribution in [0.3, 0.4) is 0 Å². The van der Waals surface area contributed by atoms with Crippen molar-refractivity contribution in [3.63, 3.8) is 0 Å². The number of amides is 1. The molecule has 0 spiro atoms. The maximum Gasteiger partial charge on any atom is 0.230 e. The molecule has 0 radical (unpaired) electrons. The van der Waals surface area contributed by atoms with Crippen LogP contribution in [0, 0.1) is 0 Å². The summed E-state index contributed by atoms with van der Waals surface area (Å²) in [4.78, 5) is 26.4. The second-order valence-corrected chi connectivity index (χ2v) is 5.35. The number of carbonyl (C=O) groups is 2. The summed E-state index contributed by atoms with van der Waals surface area (Å²) < 4.78 is 0. The molecule has 1 N–H and O–H groups in total. The van der Waals surface area contributed by atoms with Crippen molar-refractivity contribution in [3.05, 3.63) is 0 Å². The van der Waals surface area contributed by atoms with Gasteiger partial charge in [-0.3, -0.25) is 14.5 Å². The van der Waals surface area contributed by atoms with E-state index in [1.54, 1.807) is 18.7 Å². The van der Waals surface area contributed by atoms with Gasteiger partial charge in [0.15, 0.2) is 0 Å². The van der Waals surface area contributed by atoms with Gasteiger partial charge in [0.2, 0.25) is 5.91 Å². The lowest BCUT2D eigenvalue weighted by atomic mass is 10.1. The fourth-order valence-electron chi connectivity index (χ4n) is 2.03. The fraction of sp³-hybridized carbons (Fsp3) is 0.833. The summed E-state index contributed by atoms with van der Waals surface area (Å²) in [6.45, 7) is 8.40. The third-order valence-electron chi connectivity index (χ3n) is 2.74. The molecule has 1 aliphatic heterocycles. The van der Waals surface area contributed by atoms with Gasteiger partial charge < -0.3 is 10.0 Å². The van der Waals surface area contributed by atoms with Crippen molar-refractivity contribution >= 4 is 11.7 Å². The Morgan fingerprint density at radius 3 is 2.12 bits per heavy atom. The summed E-state index contributed by atoms with van der Waals surface area (Å²) in [7, 11) is 0. The summed E-state index contributed by atoms with van der Waals surface area (Å²) in [6.07, 6.45) is 0.00545. The Morgan fingerprint density at radius 2 is 1.71 bits per heavy atom. The van der Waals surface area contributed by atoms with Gasteiger partial charge in [0.05, 0.1) is 12.0 Å². The number of hydrogen-bond donors (Lipinski definition) is 1. The van der Waals surface area contributed by atoms with Crippen LogP contribution in [-0.2, 0) is 9.59 Å². The largest absolute Gasteiger partial charge is 0.389 e. The maximum atomic E-state index is 11.6. The zero-order chi connectivity index (χ0) is 13.1. The molecule has 5 nitrogen and oxygen atoms in total. The van der Waals surface area contributed by atoms with Crippen LogP contribution in [0.4, 0.5) is 0 Å². The first kappa shape index (κ1) is 14.1. The van der Waals surface area contributed by atoms with Crippen molar-refractivity contribution in [2.24, 2.45) is 0 Å². The smallest absolute Gasteiger partial charge is 0.230 e. The molecule has 0 aliphatic carbocycles. The SMILES string of the molecule is CC(=O)CC(=O)N1CCN(CC(C)(C)O)CC1. The first-order valence-corrected chi connectivity index (χ1v) is 6.00. The molecule has 0 atom stereocenters. The average molecular weight is 242 g/mol. The van der Waals surface area contributed by atoms with Crippen LogP contribution in [-0.4, -0.2) is 64.9 Å². The van der Waals surface area contributed by atoms with E-state index in [-0.39, 0.29) is 18.1 Å². The number of hydrogen-bond acceptors (Lipinski definition) is 4. The van der Waals surface area contributed by atoms with E-state index in [0.717, 1.165) is 13.1 Å². The Labute approximate surface area is 102 Å². The van der Waals surface area contributed by atoms with Crippen molar-refractivity contribution in [1.29, 1.82) is 0 Å². The van der Waals surface area contributed by atoms with Gasteiger partial charge in [-0.2, -0.15) is 0 Å². The van der Waals surface area contributed by atoms with Crippen molar-refractivity contribution in [2.75, 3.05) is 32.7 Å². The molecule has 17 heavy (non-hydrogen) atoms. The topological polar surface area (TPSA) is 60.9 Å². The van der Waals surface area contributed by atoms with Crippen LogP contribution in [0.15, 0.2) is 0 Å². The second-order valence-electron chi connectivity index (χ2n) is 5.35. The van der Waals surface area contributed by atoms with Gasteiger partial charge in [0, 0.05) is 32.7 Å². The molecule has 0 saturated carbocycles. The lowest BCUT2D eigenvalue weighted by Gasteiger charge is -2.37. The van der Waals surface area contributed by atoms with Crippen LogP contribution in [0.2, 0.25) is 0 Å². The van der Waals surface area contributed by atoms with E-state index < -0.39 is 5.60 Å². The van der Waals surface area contributed by atoms with Crippen LogP contribution in [0.25, 0.3) is 0 Å². The van der Waals surface area contributed by atoms with Gasteiger partial charge in [0.1, 0.15) is 5.78 Å². The Balaban J connectivity index is 2.35. The minimum Gasteiger partial charge on any atom is -0.389 e. The number of ketones is 1. The Kier molecular flexibility index (Phi) is 4.65. The van der Waals surface area contributed by atoms with E-state index in [4.69, 9.17) is 0 Å². The number of Topliss-reactive ketones (excluding diaryl/α,β-unsaturated/α-hetero) is 1. The van der Waals surface area contributed by atoms with E-state index in [2.05, 4.69) is 4.90 Å². The van der Waals surface area contributed by atoms with Crippen molar-refractivity contribution in [3.8, 4) is 0 Å². The van der Waals surface area contributed by atoms with E-state index in [9.17, 15) is 14.7 Å². The van der Waals surface area contributed by atoms with Crippen LogP contribution >= 0.6 is 0 Å². The third kappa shape index (κ3) is 5.28. The molecule has 0 aromatic heterocycles. The standard InChI is InChI=1S/C12H22N2O3/c1-10(15)8-11(16)14-6-4-13(5-7-14)9-12(2,3)17/h17H,4-9H2,1-3H3. The molecular weight excluding hydrogens is 220 g/mol. The van der Waals surface area contributed by atoms with Gasteiger partial charge in [-0.1, -0.05) is 0 Å². The zero-order valence-corrected chi connectivity index (χ0v) is 10.9. The van der Waals surface area contributed by atoms with Gasteiger partial charge in [-0.15, -0.1) is 0 Å². The molecule has 1 amide bonds. The lowest BCUT2D eigenvalue weighted by molar-refractivity contribution is -0.136. The molecule has 0 bridgehead atoms. The predicted molar refractivity (Wildman–Crippen MR) is 64.6 cm³/mol. The summed E-state index contributed by atoms with van der Waals surface area (Å²) >= 11 is 0. The summed E-state index contributed by atoms with van der Waals surface area (Å²) in [5, 5.41) is 9.70. The monoisotopic (exact) mass is 242 g/mol. The van der Waals surface area contributed by atoms with Crippen molar-refractivity contribution in [2.45, 2.75) is 32.8 Å². The molecule has 1 heterocycles. The van der Waals surface area contributed by atoms with Crippen LogP contribution in [0.5, 0.6) is 0 Å². The highest BCUT2D eigenvalue weighted by molar-refractivity contribution is 5.96. The van der Waals surface area contributed by atoms with Crippen molar-refractivity contribution in [1.82, 2.24) is 9.80 Å². The molecule has 0 aromatic rings. The Hall–Kier alpha value is -0.940. The molecule has 0 aromatic carbocycles. The van der Waals surface area contributed by atoms with Gasteiger partial charge in [-0.05, 0) is 20.8 Å². The van der Waals surface area contributed by atoms with Crippen LogP contribution in [0.1, 0.15) is 27.2 Å². The molecule has 1 aliphatic rings. The highest BCUT2D eigenvalue weighted by Gasteiger charge is 2.25. The Bertz CT molecular complexity index is 289. The first-order valence-electron chi connectivity index (χ1n) is 6.00. The zero-order valence-electron chi connectivity index (χ0n) is 10.9. The predicted octanol–water partition coefficient (Wildman–Crippen LogP) is -0.119. The summed E-state index contributed by atoms with van der Waals surface area (Å²) in [5.41, 5.74) is -0.703. The number of piperazine rings is 1. The molecule has 98 valence electrons. The minimum absolute atomic E-state index is 0.00545. The van der Waals surface area contributed by atoms with E-state index in [0.29, 0.717) is 19.6 Å². The van der Waals surface area contributed by atoms with E-state index in [1.807, 2.05) is 0 Å². The number of rotatable bonds is 4. The van der Waals surface area contributed by atoms with Crippen molar-refractivity contribution < 1.29 is 14.7 Å².